The van der Waals surface area contributed by atoms with Crippen LogP contribution in [0.25, 0.3) is 11.3 Å². The van der Waals surface area contributed by atoms with Gasteiger partial charge in [0, 0.05) is 31.8 Å². The fraction of sp³-hybridized carbons (Fsp3) is 0.450. The van der Waals surface area contributed by atoms with Gasteiger partial charge in [-0.15, -0.1) is 0 Å². The molecule has 30 heavy (non-hydrogen) atoms. The number of anilines is 1. The van der Waals surface area contributed by atoms with E-state index < -0.39 is 23.7 Å². The van der Waals surface area contributed by atoms with Gasteiger partial charge in [-0.25, -0.2) is 9.59 Å². The topological polar surface area (TPSA) is 87.9 Å². The number of hydrogen-bond acceptors (Lipinski definition) is 5. The summed E-state index contributed by atoms with van der Waals surface area (Å²) >= 11 is 12.4. The molecule has 1 aromatic heterocycles. The van der Waals surface area contributed by atoms with Gasteiger partial charge in [-0.05, 0) is 26.8 Å². The van der Waals surface area contributed by atoms with Gasteiger partial charge in [0.2, 0.25) is 0 Å². The normalized spacial score (nSPS) is 17.2. The summed E-state index contributed by atoms with van der Waals surface area (Å²) in [4.78, 5) is 27.5. The van der Waals surface area contributed by atoms with Crippen molar-refractivity contribution in [3.8, 4) is 11.3 Å². The standard InChI is InChI=1S/C20H24Cl2N4O4/c1-20(2,3)30-19(29)26-9-8-25(11-15(26)18(27)28)16-10-14(23-24(16)4)12-6-5-7-13(21)17(12)22/h5-7,10,15H,8-9,11H2,1-4H3,(H,27,28). The second-order valence-corrected chi connectivity index (χ2v) is 8.87. The average Bonchev–Trinajstić information content (AvgIpc) is 3.03. The van der Waals surface area contributed by atoms with Gasteiger partial charge >= 0.3 is 12.1 Å². The van der Waals surface area contributed by atoms with Gasteiger partial charge in [0.05, 0.1) is 22.3 Å². The van der Waals surface area contributed by atoms with E-state index in [1.54, 1.807) is 44.6 Å². The zero-order valence-electron chi connectivity index (χ0n) is 17.2. The molecule has 1 aliphatic heterocycles. The number of carboxylic acid groups (broad SMARTS) is 1. The van der Waals surface area contributed by atoms with Crippen molar-refractivity contribution in [2.24, 2.45) is 7.05 Å². The monoisotopic (exact) mass is 454 g/mol. The third-order valence-electron chi connectivity index (χ3n) is 4.70. The number of ether oxygens (including phenoxy) is 1. The van der Waals surface area contributed by atoms with Gasteiger partial charge in [0.15, 0.2) is 0 Å². The number of nitrogens with zero attached hydrogens (tertiary/aromatic N) is 4. The molecule has 1 saturated heterocycles. The molecule has 1 amide bonds. The van der Waals surface area contributed by atoms with E-state index in [1.807, 2.05) is 17.0 Å². The van der Waals surface area contributed by atoms with Gasteiger partial charge in [0.1, 0.15) is 17.5 Å². The molecular weight excluding hydrogens is 431 g/mol. The lowest BCUT2D eigenvalue weighted by Gasteiger charge is -2.40. The number of aromatic nitrogens is 2. The Morgan fingerprint density at radius 3 is 2.57 bits per heavy atom. The van der Waals surface area contributed by atoms with Gasteiger partial charge in [-0.3, -0.25) is 9.58 Å². The molecule has 2 heterocycles. The van der Waals surface area contributed by atoms with E-state index in [4.69, 9.17) is 27.9 Å². The molecule has 162 valence electrons. The molecule has 0 aliphatic carbocycles. The molecule has 1 N–H and O–H groups in total. The molecule has 1 unspecified atom stereocenters. The third-order valence-corrected chi connectivity index (χ3v) is 5.52. The second kappa shape index (κ2) is 8.35. The Balaban J connectivity index is 1.85. The van der Waals surface area contributed by atoms with Crippen molar-refractivity contribution in [3.05, 3.63) is 34.3 Å². The number of carbonyl (C=O) groups is 2. The quantitative estimate of drug-likeness (QED) is 0.756. The minimum atomic E-state index is -1.09. The smallest absolute Gasteiger partial charge is 0.411 e. The fourth-order valence-electron chi connectivity index (χ4n) is 3.33. The van der Waals surface area contributed by atoms with E-state index in [9.17, 15) is 14.7 Å². The lowest BCUT2D eigenvalue weighted by atomic mass is 10.1. The maximum Gasteiger partial charge on any atom is 0.411 e. The Morgan fingerprint density at radius 1 is 1.23 bits per heavy atom. The van der Waals surface area contributed by atoms with Crippen LogP contribution >= 0.6 is 23.2 Å². The number of amides is 1. The fourth-order valence-corrected chi connectivity index (χ4v) is 3.73. The van der Waals surface area contributed by atoms with Crippen molar-refractivity contribution in [1.29, 1.82) is 0 Å². The molecular formula is C20H24Cl2N4O4. The van der Waals surface area contributed by atoms with E-state index >= 15 is 0 Å². The van der Waals surface area contributed by atoms with Crippen LogP contribution in [0.3, 0.4) is 0 Å². The zero-order valence-corrected chi connectivity index (χ0v) is 18.7. The van der Waals surface area contributed by atoms with Gasteiger partial charge < -0.3 is 14.7 Å². The summed E-state index contributed by atoms with van der Waals surface area (Å²) in [6, 6.07) is 6.10. The average molecular weight is 455 g/mol. The Bertz CT molecular complexity index is 970. The van der Waals surface area contributed by atoms with E-state index in [0.717, 1.165) is 5.82 Å². The summed E-state index contributed by atoms with van der Waals surface area (Å²) < 4.78 is 7.03. The largest absolute Gasteiger partial charge is 0.480 e. The molecule has 8 nitrogen and oxygen atoms in total. The number of carbonyl (C=O) groups excluding carboxylic acids is 1. The van der Waals surface area contributed by atoms with Crippen LogP contribution in [0.1, 0.15) is 20.8 Å². The summed E-state index contributed by atoms with van der Waals surface area (Å²) in [5.41, 5.74) is 0.611. The van der Waals surface area contributed by atoms with E-state index in [0.29, 0.717) is 27.8 Å². The summed E-state index contributed by atoms with van der Waals surface area (Å²) in [5, 5.41) is 15.1. The molecule has 1 fully saturated rings. The highest BCUT2D eigenvalue weighted by Gasteiger charge is 2.38. The van der Waals surface area contributed by atoms with Crippen LogP contribution < -0.4 is 4.90 Å². The highest BCUT2D eigenvalue weighted by Crippen LogP contribution is 2.34. The zero-order chi connectivity index (χ0) is 22.2. The Labute approximate surface area is 184 Å². The SMILES string of the molecule is Cn1nc(-c2cccc(Cl)c2Cl)cc1N1CCN(C(=O)OC(C)(C)C)C(C(=O)O)C1. The number of rotatable bonds is 3. The highest BCUT2D eigenvalue weighted by atomic mass is 35.5. The van der Waals surface area contributed by atoms with Crippen molar-refractivity contribution >= 4 is 41.1 Å². The second-order valence-electron chi connectivity index (χ2n) is 8.09. The molecule has 0 bridgehead atoms. The van der Waals surface area contributed by atoms with Crippen LogP contribution in [-0.2, 0) is 16.6 Å². The highest BCUT2D eigenvalue weighted by molar-refractivity contribution is 6.43. The number of carboxylic acids is 1. The Hall–Kier alpha value is -2.45. The van der Waals surface area contributed by atoms with Crippen molar-refractivity contribution in [1.82, 2.24) is 14.7 Å². The predicted molar refractivity (Wildman–Crippen MR) is 115 cm³/mol. The molecule has 2 aromatic rings. The molecule has 1 aromatic carbocycles. The summed E-state index contributed by atoms with van der Waals surface area (Å²) in [7, 11) is 1.77. The first-order valence-electron chi connectivity index (χ1n) is 9.43. The summed E-state index contributed by atoms with van der Waals surface area (Å²) in [5.74, 6) is -0.373. The molecule has 0 radical (unpaired) electrons. The number of aliphatic carboxylic acids is 1. The van der Waals surface area contributed by atoms with Crippen LogP contribution in [0.15, 0.2) is 24.3 Å². The van der Waals surface area contributed by atoms with Crippen molar-refractivity contribution < 1.29 is 19.4 Å². The van der Waals surface area contributed by atoms with E-state index in [1.165, 1.54) is 4.90 Å². The van der Waals surface area contributed by atoms with Crippen LogP contribution in [0, 0.1) is 0 Å². The number of aryl methyl sites for hydroxylation is 1. The lowest BCUT2D eigenvalue weighted by Crippen LogP contribution is -2.59. The van der Waals surface area contributed by atoms with Gasteiger partial charge in [-0.1, -0.05) is 35.3 Å². The molecule has 10 heteroatoms. The van der Waals surface area contributed by atoms with Crippen molar-refractivity contribution in [2.75, 3.05) is 24.5 Å². The van der Waals surface area contributed by atoms with Crippen molar-refractivity contribution in [2.45, 2.75) is 32.4 Å². The first-order chi connectivity index (χ1) is 14.0. The Morgan fingerprint density at radius 2 is 1.93 bits per heavy atom. The van der Waals surface area contributed by atoms with Crippen LogP contribution in [0.5, 0.6) is 0 Å². The minimum Gasteiger partial charge on any atom is -0.480 e. The van der Waals surface area contributed by atoms with Crippen LogP contribution in [0.2, 0.25) is 10.0 Å². The summed E-state index contributed by atoms with van der Waals surface area (Å²) in [6.07, 6.45) is -0.633. The molecule has 1 atom stereocenters. The third kappa shape index (κ3) is 4.65. The Kier molecular flexibility index (Phi) is 6.19. The molecule has 0 saturated carbocycles. The lowest BCUT2D eigenvalue weighted by molar-refractivity contribution is -0.143. The van der Waals surface area contributed by atoms with Gasteiger partial charge in [-0.2, -0.15) is 5.10 Å². The molecule has 0 spiro atoms. The predicted octanol–water partition coefficient (Wildman–Crippen LogP) is 3.90. The number of hydrogen-bond donors (Lipinski definition) is 1. The molecule has 1 aliphatic rings. The van der Waals surface area contributed by atoms with Crippen LogP contribution in [0.4, 0.5) is 10.6 Å². The van der Waals surface area contributed by atoms with Crippen LogP contribution in [-0.4, -0.2) is 63.1 Å². The number of piperazine rings is 1. The first kappa shape index (κ1) is 22.2. The maximum absolute atomic E-state index is 12.5. The van der Waals surface area contributed by atoms with E-state index in [2.05, 4.69) is 5.10 Å². The summed E-state index contributed by atoms with van der Waals surface area (Å²) in [6.45, 7) is 5.99. The maximum atomic E-state index is 12.5. The molecule has 3 rings (SSSR count). The van der Waals surface area contributed by atoms with E-state index in [-0.39, 0.29) is 13.1 Å². The first-order valence-corrected chi connectivity index (χ1v) is 10.2. The van der Waals surface area contributed by atoms with Crippen molar-refractivity contribution in [3.63, 3.8) is 0 Å². The van der Waals surface area contributed by atoms with Gasteiger partial charge in [0.25, 0.3) is 0 Å². The number of benzene rings is 1. The number of halogens is 2. The minimum absolute atomic E-state index is 0.108.